The van der Waals surface area contributed by atoms with E-state index in [1.54, 1.807) is 12.1 Å². The second-order valence-electron chi connectivity index (χ2n) is 8.39. The van der Waals surface area contributed by atoms with Gasteiger partial charge in [0, 0.05) is 37.5 Å². The van der Waals surface area contributed by atoms with Crippen molar-refractivity contribution < 1.29 is 9.90 Å². The van der Waals surface area contributed by atoms with Gasteiger partial charge in [-0.3, -0.25) is 10.0 Å². The third-order valence-electron chi connectivity index (χ3n) is 6.85. The number of carboxylic acids is 1. The van der Waals surface area contributed by atoms with Gasteiger partial charge in [-0.25, -0.2) is 4.79 Å². The summed E-state index contributed by atoms with van der Waals surface area (Å²) in [5.41, 5.74) is 2.29. The van der Waals surface area contributed by atoms with Gasteiger partial charge >= 0.3 is 5.97 Å². The van der Waals surface area contributed by atoms with E-state index in [1.165, 1.54) is 5.57 Å². The molecule has 0 radical (unpaired) electrons. The minimum atomic E-state index is -0.911. The zero-order chi connectivity index (χ0) is 21.3. The van der Waals surface area contributed by atoms with Crippen LogP contribution in [0.3, 0.4) is 0 Å². The molecule has 1 aromatic rings. The first-order chi connectivity index (χ1) is 14.4. The van der Waals surface area contributed by atoms with Crippen LogP contribution in [0.4, 0.5) is 5.69 Å². The number of anilines is 1. The molecule has 30 heavy (non-hydrogen) atoms. The van der Waals surface area contributed by atoms with E-state index in [0.717, 1.165) is 37.9 Å². The van der Waals surface area contributed by atoms with Crippen molar-refractivity contribution in [3.05, 3.63) is 41.5 Å². The Balaban J connectivity index is 1.60. The maximum absolute atomic E-state index is 11.1. The number of carbonyl (C=O) groups is 1. The van der Waals surface area contributed by atoms with E-state index in [0.29, 0.717) is 11.5 Å². The number of benzene rings is 1. The van der Waals surface area contributed by atoms with Crippen LogP contribution in [-0.2, 0) is 0 Å². The Morgan fingerprint density at radius 2 is 2.07 bits per heavy atom. The summed E-state index contributed by atoms with van der Waals surface area (Å²) in [7, 11) is 2.02. The number of hydrogen-bond acceptors (Lipinski definition) is 7. The topological polar surface area (TPSA) is 92.9 Å². The number of hydrogen-bond donors (Lipinski definition) is 2. The number of carboxylic acid groups (broad SMARTS) is 1. The van der Waals surface area contributed by atoms with Crippen molar-refractivity contribution >= 4 is 17.9 Å². The lowest BCUT2D eigenvalue weighted by molar-refractivity contribution is -0.111. The summed E-state index contributed by atoms with van der Waals surface area (Å²) >= 11 is 0. The molecule has 0 spiro atoms. The molecule has 160 valence electrons. The van der Waals surface area contributed by atoms with Gasteiger partial charge < -0.3 is 10.4 Å². The van der Waals surface area contributed by atoms with Crippen LogP contribution in [0.1, 0.15) is 49.9 Å². The summed E-state index contributed by atoms with van der Waals surface area (Å²) in [5, 5.41) is 30.7. The molecule has 2 bridgehead atoms. The summed E-state index contributed by atoms with van der Waals surface area (Å²) in [6.45, 7) is 5.16. The number of nitrogens with zero attached hydrogens (tertiary/aromatic N) is 5. The Morgan fingerprint density at radius 3 is 2.77 bits per heavy atom. The van der Waals surface area contributed by atoms with Crippen LogP contribution in [-0.4, -0.2) is 58.6 Å². The molecule has 4 aliphatic heterocycles. The third-order valence-corrected chi connectivity index (χ3v) is 6.85. The zero-order valence-corrected chi connectivity index (χ0v) is 17.8. The summed E-state index contributed by atoms with van der Waals surface area (Å²) in [6.07, 6.45) is 7.92. The Bertz CT molecular complexity index is 880. The fourth-order valence-electron chi connectivity index (χ4n) is 4.84. The van der Waals surface area contributed by atoms with Gasteiger partial charge in [0.1, 0.15) is 5.66 Å². The smallest absolute Gasteiger partial charge is 0.335 e. The highest BCUT2D eigenvalue weighted by Crippen LogP contribution is 2.42. The second kappa shape index (κ2) is 8.08. The van der Waals surface area contributed by atoms with Crippen LogP contribution < -0.4 is 5.32 Å². The molecule has 4 heterocycles. The van der Waals surface area contributed by atoms with Crippen molar-refractivity contribution in [1.82, 2.24) is 10.0 Å². The van der Waals surface area contributed by atoms with Crippen molar-refractivity contribution in [2.75, 3.05) is 18.9 Å². The van der Waals surface area contributed by atoms with E-state index in [1.807, 2.05) is 30.4 Å². The molecule has 8 nitrogen and oxygen atoms in total. The Kier molecular flexibility index (Phi) is 5.49. The fourth-order valence-corrected chi connectivity index (χ4v) is 4.84. The van der Waals surface area contributed by atoms with Gasteiger partial charge in [0.2, 0.25) is 0 Å². The lowest BCUT2D eigenvalue weighted by Gasteiger charge is -2.54. The quantitative estimate of drug-likeness (QED) is 0.732. The molecule has 2 N–H and O–H groups in total. The highest BCUT2D eigenvalue weighted by Gasteiger charge is 2.51. The Hall–Kier alpha value is -2.90. The van der Waals surface area contributed by atoms with E-state index >= 15 is 0 Å². The van der Waals surface area contributed by atoms with Crippen LogP contribution >= 0.6 is 0 Å². The first kappa shape index (κ1) is 20.4. The van der Waals surface area contributed by atoms with E-state index in [9.17, 15) is 4.79 Å². The average Bonchev–Trinajstić information content (AvgIpc) is 2.74. The number of rotatable bonds is 4. The van der Waals surface area contributed by atoms with Gasteiger partial charge in [-0.1, -0.05) is 23.8 Å². The van der Waals surface area contributed by atoms with Gasteiger partial charge in [0.05, 0.1) is 11.6 Å². The number of nitrogens with one attached hydrogen (secondary N) is 1. The van der Waals surface area contributed by atoms with Gasteiger partial charge in [0.25, 0.3) is 0 Å². The van der Waals surface area contributed by atoms with Crippen molar-refractivity contribution in [2.45, 2.75) is 57.3 Å². The van der Waals surface area contributed by atoms with Gasteiger partial charge in [0.15, 0.2) is 0 Å². The molecule has 0 aromatic heterocycles. The van der Waals surface area contributed by atoms with Crippen molar-refractivity contribution in [3.8, 4) is 0 Å². The summed E-state index contributed by atoms with van der Waals surface area (Å²) in [6, 6.07) is 7.24. The molecule has 5 rings (SSSR count). The molecule has 0 saturated carbocycles. The second-order valence-corrected chi connectivity index (χ2v) is 8.39. The third kappa shape index (κ3) is 3.55. The maximum atomic E-state index is 11.1. The zero-order valence-electron chi connectivity index (χ0n) is 17.8. The fraction of sp³-hybridized carbons (Fsp3) is 0.545. The summed E-state index contributed by atoms with van der Waals surface area (Å²) < 4.78 is 0. The predicted octanol–water partition coefficient (Wildman–Crippen LogP) is 4.00. The lowest BCUT2D eigenvalue weighted by atomic mass is 9.79. The monoisotopic (exact) mass is 410 g/mol. The van der Waals surface area contributed by atoms with Crippen LogP contribution in [0, 0.1) is 5.92 Å². The first-order valence-corrected chi connectivity index (χ1v) is 10.7. The molecule has 0 saturated heterocycles. The van der Waals surface area contributed by atoms with E-state index in [-0.39, 0.29) is 17.7 Å². The number of hydrazone groups is 1. The van der Waals surface area contributed by atoms with Gasteiger partial charge in [-0.05, 0) is 56.9 Å². The van der Waals surface area contributed by atoms with Crippen LogP contribution in [0.15, 0.2) is 51.4 Å². The largest absolute Gasteiger partial charge is 0.478 e. The minimum absolute atomic E-state index is 0.135. The van der Waals surface area contributed by atoms with E-state index in [4.69, 9.17) is 5.11 Å². The molecule has 0 aliphatic carbocycles. The highest BCUT2D eigenvalue weighted by molar-refractivity contribution is 5.88. The standard InChI is InChI=1S/C22H30N6O2/c1-4-15-7-10-20-18-11-13-23-27(3)22(18,2)28(26-25-20)14-12-19(15)24-17-8-5-16(6-9-17)21(29)30/h5-9,13,18-20,24H,4,10-12,14H2,1-3H3,(H,29,30)/b15-7+/t18-,19?,20?,22+/m1/s1. The minimum Gasteiger partial charge on any atom is -0.478 e. The molecule has 4 aliphatic rings. The van der Waals surface area contributed by atoms with Crippen molar-refractivity contribution in [1.29, 1.82) is 0 Å². The highest BCUT2D eigenvalue weighted by atomic mass is 16.4. The molecule has 0 fully saturated rings. The van der Waals surface area contributed by atoms with Gasteiger partial charge in [-0.15, -0.1) is 0 Å². The van der Waals surface area contributed by atoms with E-state index < -0.39 is 5.97 Å². The molecular formula is C22H30N6O2. The SMILES string of the molecule is CC/C1=C\CC2N=NN(CCC1Nc1ccc(C(=O)O)cc1)[C@@]1(C)[C@@H]2CC=NN1C. The van der Waals surface area contributed by atoms with Crippen LogP contribution in [0.25, 0.3) is 0 Å². The molecular weight excluding hydrogens is 380 g/mol. The Morgan fingerprint density at radius 1 is 1.30 bits per heavy atom. The average molecular weight is 411 g/mol. The number of fused-ring (bicyclic) bond motifs is 4. The molecule has 8 heteroatoms. The summed E-state index contributed by atoms with van der Waals surface area (Å²) in [4.78, 5) is 11.1. The molecule has 2 unspecified atom stereocenters. The van der Waals surface area contributed by atoms with Crippen molar-refractivity contribution in [3.63, 3.8) is 0 Å². The van der Waals surface area contributed by atoms with Crippen molar-refractivity contribution in [2.24, 2.45) is 21.4 Å². The first-order valence-electron chi connectivity index (χ1n) is 10.7. The van der Waals surface area contributed by atoms with Crippen LogP contribution in [0.2, 0.25) is 0 Å². The normalized spacial score (nSPS) is 32.4. The molecule has 4 atom stereocenters. The lowest BCUT2D eigenvalue weighted by Crippen LogP contribution is -2.64. The molecule has 1 aromatic carbocycles. The summed E-state index contributed by atoms with van der Waals surface area (Å²) in [5.74, 6) is -0.564. The van der Waals surface area contributed by atoms with Gasteiger partial charge in [-0.2, -0.15) is 10.2 Å². The predicted molar refractivity (Wildman–Crippen MR) is 117 cm³/mol. The Labute approximate surface area is 177 Å². The number of aromatic carboxylic acids is 1. The van der Waals surface area contributed by atoms with Crippen LogP contribution in [0.5, 0.6) is 0 Å². The maximum Gasteiger partial charge on any atom is 0.335 e. The van der Waals surface area contributed by atoms with E-state index in [2.05, 4.69) is 45.7 Å². The molecule has 0 amide bonds.